The fraction of sp³-hybridized carbons (Fsp3) is 0.318. The third-order valence-electron chi connectivity index (χ3n) is 5.54. The molecular formula is C22H23NO3. The predicted octanol–water partition coefficient (Wildman–Crippen LogP) is 4.35. The maximum atomic E-state index is 11.4. The van der Waals surface area contributed by atoms with E-state index in [9.17, 15) is 15.0 Å². The lowest BCUT2D eigenvalue weighted by Gasteiger charge is -2.23. The molecule has 0 saturated carbocycles. The monoisotopic (exact) mass is 349 g/mol. The Morgan fingerprint density at radius 2 is 1.88 bits per heavy atom. The number of carbonyl (C=O) groups is 1. The smallest absolute Gasteiger partial charge is 0.339 e. The number of aromatic carboxylic acids is 1. The van der Waals surface area contributed by atoms with Crippen LogP contribution in [0.15, 0.2) is 42.0 Å². The Kier molecular flexibility index (Phi) is 4.08. The summed E-state index contributed by atoms with van der Waals surface area (Å²) in [5.41, 5.74) is 6.91. The Labute approximate surface area is 153 Å². The summed E-state index contributed by atoms with van der Waals surface area (Å²) in [5.74, 6) is -0.811. The summed E-state index contributed by atoms with van der Waals surface area (Å²) >= 11 is 0. The maximum absolute atomic E-state index is 11.4. The summed E-state index contributed by atoms with van der Waals surface area (Å²) in [6.07, 6.45) is 3.37. The van der Waals surface area contributed by atoms with E-state index in [4.69, 9.17) is 0 Å². The number of allylic oxidation sites excluding steroid dienone is 1. The van der Waals surface area contributed by atoms with Crippen molar-refractivity contribution in [3.63, 3.8) is 0 Å². The van der Waals surface area contributed by atoms with Crippen molar-refractivity contribution in [3.05, 3.63) is 58.7 Å². The van der Waals surface area contributed by atoms with Crippen LogP contribution in [0.1, 0.15) is 46.7 Å². The standard InChI is InChI=1S/C22H23NO3/c1-23(2)12-19-13-6-3-9-16(19)20-14(13)7-4-8-15(20)17-10-5-11-18(21(17)24)22(25)26/h4-5,7-8,10-11,13,24H,3,6,9,12H2,1-2H3,(H,25,26). The molecule has 0 aromatic heterocycles. The molecule has 2 bridgehead atoms. The second kappa shape index (κ2) is 6.29. The first kappa shape index (κ1) is 16.9. The Morgan fingerprint density at radius 3 is 2.62 bits per heavy atom. The molecule has 1 atom stereocenters. The number of nitrogens with zero attached hydrogens (tertiary/aromatic N) is 1. The highest BCUT2D eigenvalue weighted by Crippen LogP contribution is 2.53. The molecular weight excluding hydrogens is 326 g/mol. The molecule has 0 fully saturated rings. The first-order valence-corrected chi connectivity index (χ1v) is 9.04. The van der Waals surface area contributed by atoms with Crippen molar-refractivity contribution in [2.45, 2.75) is 25.2 Å². The number of hydrogen-bond donors (Lipinski definition) is 2. The van der Waals surface area contributed by atoms with E-state index in [0.717, 1.165) is 24.9 Å². The largest absolute Gasteiger partial charge is 0.506 e. The molecule has 4 rings (SSSR count). The van der Waals surface area contributed by atoms with Crippen LogP contribution in [0.25, 0.3) is 16.7 Å². The number of phenols is 1. The Bertz CT molecular complexity index is 927. The third-order valence-corrected chi connectivity index (χ3v) is 5.54. The van der Waals surface area contributed by atoms with Crippen LogP contribution in [0.2, 0.25) is 0 Å². The molecule has 2 aliphatic rings. The van der Waals surface area contributed by atoms with Gasteiger partial charge in [-0.15, -0.1) is 0 Å². The predicted molar refractivity (Wildman–Crippen MR) is 103 cm³/mol. The van der Waals surface area contributed by atoms with Gasteiger partial charge in [-0.3, -0.25) is 0 Å². The second-order valence-electron chi connectivity index (χ2n) is 7.46. The first-order valence-electron chi connectivity index (χ1n) is 9.04. The van der Waals surface area contributed by atoms with E-state index in [1.165, 1.54) is 34.8 Å². The van der Waals surface area contributed by atoms with Gasteiger partial charge in [0.05, 0.1) is 0 Å². The molecule has 2 aromatic rings. The Hall–Kier alpha value is -2.59. The second-order valence-corrected chi connectivity index (χ2v) is 7.46. The van der Waals surface area contributed by atoms with Gasteiger partial charge >= 0.3 is 5.97 Å². The highest BCUT2D eigenvalue weighted by atomic mass is 16.4. The van der Waals surface area contributed by atoms with Gasteiger partial charge in [0.15, 0.2) is 0 Å². The van der Waals surface area contributed by atoms with Crippen LogP contribution >= 0.6 is 0 Å². The highest BCUT2D eigenvalue weighted by molar-refractivity contribution is 5.97. The van der Waals surface area contributed by atoms with Gasteiger partial charge in [0.25, 0.3) is 0 Å². The first-order chi connectivity index (χ1) is 12.5. The van der Waals surface area contributed by atoms with Crippen molar-refractivity contribution < 1.29 is 15.0 Å². The lowest BCUT2D eigenvalue weighted by molar-refractivity contribution is 0.0694. The Morgan fingerprint density at radius 1 is 1.15 bits per heavy atom. The summed E-state index contributed by atoms with van der Waals surface area (Å²) in [4.78, 5) is 13.6. The average molecular weight is 349 g/mol. The fourth-order valence-electron chi connectivity index (χ4n) is 4.56. The van der Waals surface area contributed by atoms with Crippen LogP contribution in [0.4, 0.5) is 0 Å². The van der Waals surface area contributed by atoms with E-state index in [-0.39, 0.29) is 11.3 Å². The van der Waals surface area contributed by atoms with Crippen LogP contribution in [-0.4, -0.2) is 41.7 Å². The van der Waals surface area contributed by atoms with E-state index >= 15 is 0 Å². The normalized spacial score (nSPS) is 18.3. The molecule has 134 valence electrons. The van der Waals surface area contributed by atoms with E-state index in [0.29, 0.717) is 11.5 Å². The van der Waals surface area contributed by atoms with Crippen LogP contribution in [0.3, 0.4) is 0 Å². The van der Waals surface area contributed by atoms with E-state index in [1.807, 2.05) is 18.2 Å². The molecule has 2 aliphatic carbocycles. The van der Waals surface area contributed by atoms with Crippen molar-refractivity contribution in [3.8, 4) is 16.9 Å². The fourth-order valence-corrected chi connectivity index (χ4v) is 4.56. The van der Waals surface area contributed by atoms with Crippen molar-refractivity contribution >= 4 is 11.5 Å². The van der Waals surface area contributed by atoms with Crippen molar-refractivity contribution in [1.82, 2.24) is 4.90 Å². The van der Waals surface area contributed by atoms with E-state index in [1.54, 1.807) is 6.07 Å². The molecule has 0 saturated heterocycles. The van der Waals surface area contributed by atoms with Crippen LogP contribution in [0, 0.1) is 0 Å². The zero-order chi connectivity index (χ0) is 18.4. The number of carboxylic acids is 1. The number of rotatable bonds is 4. The van der Waals surface area contributed by atoms with Gasteiger partial charge in [-0.1, -0.05) is 30.3 Å². The van der Waals surface area contributed by atoms with Gasteiger partial charge in [0.1, 0.15) is 11.3 Å². The van der Waals surface area contributed by atoms with E-state index < -0.39 is 5.97 Å². The van der Waals surface area contributed by atoms with Crippen LogP contribution in [-0.2, 0) is 0 Å². The van der Waals surface area contributed by atoms with Gasteiger partial charge < -0.3 is 15.1 Å². The number of aromatic hydroxyl groups is 1. The number of benzene rings is 2. The van der Waals surface area contributed by atoms with Gasteiger partial charge in [-0.2, -0.15) is 0 Å². The molecule has 2 aromatic carbocycles. The minimum Gasteiger partial charge on any atom is -0.506 e. The number of fused-ring (bicyclic) bond motifs is 4. The van der Waals surface area contributed by atoms with Crippen molar-refractivity contribution in [1.29, 1.82) is 0 Å². The summed E-state index contributed by atoms with van der Waals surface area (Å²) in [6.45, 7) is 0.940. The number of likely N-dealkylation sites (N-methyl/N-ethyl adjacent to an activating group) is 1. The SMILES string of the molecule is CN(C)CC1=C2CCCC1c1cccc(-c3cccc(C(=O)O)c3O)c12. The van der Waals surface area contributed by atoms with Crippen molar-refractivity contribution in [2.24, 2.45) is 0 Å². The minimum atomic E-state index is -1.11. The zero-order valence-corrected chi connectivity index (χ0v) is 15.1. The van der Waals surface area contributed by atoms with Gasteiger partial charge in [-0.05, 0) is 67.3 Å². The van der Waals surface area contributed by atoms with Gasteiger partial charge in [0.2, 0.25) is 0 Å². The molecule has 0 spiro atoms. The van der Waals surface area contributed by atoms with Crippen LogP contribution < -0.4 is 0 Å². The summed E-state index contributed by atoms with van der Waals surface area (Å²) in [6, 6.07) is 11.2. The molecule has 4 heteroatoms. The minimum absolute atomic E-state index is 0.0523. The lowest BCUT2D eigenvalue weighted by Crippen LogP contribution is -2.19. The topological polar surface area (TPSA) is 60.8 Å². The maximum Gasteiger partial charge on any atom is 0.339 e. The lowest BCUT2D eigenvalue weighted by atomic mass is 9.86. The number of hydrogen-bond acceptors (Lipinski definition) is 3. The average Bonchev–Trinajstić information content (AvgIpc) is 2.76. The molecule has 4 nitrogen and oxygen atoms in total. The Balaban J connectivity index is 1.93. The zero-order valence-electron chi connectivity index (χ0n) is 15.1. The van der Waals surface area contributed by atoms with Crippen molar-refractivity contribution in [2.75, 3.05) is 20.6 Å². The molecule has 2 N–H and O–H groups in total. The quantitative estimate of drug-likeness (QED) is 0.861. The number of para-hydroxylation sites is 1. The van der Waals surface area contributed by atoms with Gasteiger partial charge in [-0.25, -0.2) is 4.79 Å². The highest BCUT2D eigenvalue weighted by Gasteiger charge is 2.36. The molecule has 1 unspecified atom stereocenters. The molecule has 0 amide bonds. The number of carboxylic acid groups (broad SMARTS) is 1. The molecule has 0 radical (unpaired) electrons. The molecule has 26 heavy (non-hydrogen) atoms. The summed E-state index contributed by atoms with van der Waals surface area (Å²) in [5, 5.41) is 19.9. The van der Waals surface area contributed by atoms with Gasteiger partial charge in [0, 0.05) is 18.0 Å². The molecule has 0 aliphatic heterocycles. The summed E-state index contributed by atoms with van der Waals surface area (Å²) < 4.78 is 0. The third kappa shape index (κ3) is 2.53. The summed E-state index contributed by atoms with van der Waals surface area (Å²) in [7, 11) is 4.19. The van der Waals surface area contributed by atoms with Crippen LogP contribution in [0.5, 0.6) is 5.75 Å². The van der Waals surface area contributed by atoms with E-state index in [2.05, 4.69) is 25.1 Å². The molecule has 0 heterocycles.